The maximum atomic E-state index is 6.65. The van der Waals surface area contributed by atoms with E-state index in [1.54, 1.807) is 0 Å². The number of aromatic nitrogens is 1. The van der Waals surface area contributed by atoms with Gasteiger partial charge in [-0.3, -0.25) is 0 Å². The van der Waals surface area contributed by atoms with Gasteiger partial charge in [-0.2, -0.15) is 0 Å². The van der Waals surface area contributed by atoms with Crippen LogP contribution in [0.15, 0.2) is 182 Å². The Morgan fingerprint density at radius 3 is 1.73 bits per heavy atom. The van der Waals surface area contributed by atoms with Crippen molar-refractivity contribution >= 4 is 28.6 Å². The van der Waals surface area contributed by atoms with Crippen molar-refractivity contribution in [1.29, 1.82) is 0 Å². The second-order valence-electron chi connectivity index (χ2n) is 18.6. The second-order valence-corrected chi connectivity index (χ2v) is 18.6. The number of hydrogen-bond acceptors (Lipinski definition) is 5. The summed E-state index contributed by atoms with van der Waals surface area (Å²) in [5, 5.41) is 7.69. The number of para-hydroxylation sites is 3. The van der Waals surface area contributed by atoms with Crippen LogP contribution in [0.4, 0.5) is 28.6 Å². The van der Waals surface area contributed by atoms with Gasteiger partial charge in [0.15, 0.2) is 0 Å². The summed E-state index contributed by atoms with van der Waals surface area (Å²) in [7, 11) is 0. The predicted octanol–water partition coefficient (Wildman–Crippen LogP) is 15.3. The number of hydrogen-bond donors (Lipinski definition) is 2. The van der Waals surface area contributed by atoms with E-state index in [-0.39, 0.29) is 22.9 Å². The third kappa shape index (κ3) is 7.28. The third-order valence-electron chi connectivity index (χ3n) is 12.4. The van der Waals surface area contributed by atoms with Crippen molar-refractivity contribution in [3.63, 3.8) is 0 Å². The van der Waals surface area contributed by atoms with Gasteiger partial charge in [0.1, 0.15) is 17.3 Å². The van der Waals surface area contributed by atoms with Gasteiger partial charge in [0.2, 0.25) is 0 Å². The molecule has 2 aliphatic heterocycles. The number of pyridine rings is 1. The molecule has 0 radical (unpaired) electrons. The number of benzene rings is 7. The molecule has 0 fully saturated rings. The fourth-order valence-corrected chi connectivity index (χ4v) is 9.17. The average molecular weight is 809 g/mol. The largest absolute Gasteiger partial charge is 0.457 e. The molecule has 2 aliphatic rings. The smallest absolute Gasteiger partial charge is 0.130 e. The third-order valence-corrected chi connectivity index (χ3v) is 12.4. The van der Waals surface area contributed by atoms with Crippen LogP contribution >= 0.6 is 0 Å². The molecule has 2 N–H and O–H groups in total. The lowest BCUT2D eigenvalue weighted by Crippen LogP contribution is -2.20. The molecule has 0 saturated heterocycles. The Morgan fingerprint density at radius 2 is 1.05 bits per heavy atom. The van der Waals surface area contributed by atoms with Crippen LogP contribution in [0.1, 0.15) is 87.0 Å². The Balaban J connectivity index is 0.967. The first-order valence-corrected chi connectivity index (χ1v) is 21.7. The van der Waals surface area contributed by atoms with Gasteiger partial charge < -0.3 is 20.3 Å². The van der Waals surface area contributed by atoms with Crippen molar-refractivity contribution in [2.75, 3.05) is 15.5 Å². The Labute approximate surface area is 366 Å². The predicted molar refractivity (Wildman–Crippen MR) is 258 cm³/mol. The summed E-state index contributed by atoms with van der Waals surface area (Å²) in [6.45, 7) is 13.8. The number of nitrogens with one attached hydrogen (secondary N) is 2. The van der Waals surface area contributed by atoms with Gasteiger partial charge in [0.05, 0.1) is 29.1 Å². The Kier molecular flexibility index (Phi) is 9.71. The first kappa shape index (κ1) is 39.1. The monoisotopic (exact) mass is 808 g/mol. The minimum atomic E-state index is -0.0108. The highest BCUT2D eigenvalue weighted by atomic mass is 16.5. The molecule has 0 spiro atoms. The van der Waals surface area contributed by atoms with Gasteiger partial charge >= 0.3 is 0 Å². The highest BCUT2D eigenvalue weighted by Gasteiger charge is 2.48. The van der Waals surface area contributed by atoms with Gasteiger partial charge in [-0.25, -0.2) is 4.98 Å². The summed E-state index contributed by atoms with van der Waals surface area (Å²) < 4.78 is 6.65. The van der Waals surface area contributed by atoms with E-state index < -0.39 is 0 Å². The molecule has 2 bridgehead atoms. The van der Waals surface area contributed by atoms with Crippen LogP contribution in [0, 0.1) is 0 Å². The summed E-state index contributed by atoms with van der Waals surface area (Å²) >= 11 is 0. The number of ether oxygens (including phenoxy) is 1. The lowest BCUT2D eigenvalue weighted by molar-refractivity contribution is 0.482. The summed E-state index contributed by atoms with van der Waals surface area (Å²) in [6.07, 6.45) is 1.88. The molecular formula is C57H52N4O. The van der Waals surface area contributed by atoms with Crippen molar-refractivity contribution in [1.82, 2.24) is 4.98 Å². The zero-order valence-corrected chi connectivity index (χ0v) is 36.3. The van der Waals surface area contributed by atoms with Crippen LogP contribution in [-0.4, -0.2) is 4.98 Å². The molecule has 3 heterocycles. The SMILES string of the molecule is CC(C)(C)c1cc(-c2cccc(-c3ccccc3)c2Nc2ccccc2Nc2cccc(Oc3ccc4c(c3)C3c5ccccc5C4N3c3ccccn3)c2)cc(C(C)(C)C)c1. The van der Waals surface area contributed by atoms with E-state index in [0.29, 0.717) is 0 Å². The normalized spacial score (nSPS) is 15.2. The molecule has 0 saturated carbocycles. The molecule has 2 unspecified atom stereocenters. The van der Waals surface area contributed by atoms with Crippen LogP contribution in [0.25, 0.3) is 22.3 Å². The molecule has 8 aromatic rings. The van der Waals surface area contributed by atoms with Crippen molar-refractivity contribution in [2.24, 2.45) is 0 Å². The van der Waals surface area contributed by atoms with E-state index in [1.165, 1.54) is 38.9 Å². The number of fused-ring (bicyclic) bond motifs is 8. The lowest BCUT2D eigenvalue weighted by atomic mass is 9.78. The van der Waals surface area contributed by atoms with E-state index in [2.05, 4.69) is 215 Å². The van der Waals surface area contributed by atoms with Crippen molar-refractivity contribution < 1.29 is 4.74 Å². The van der Waals surface area contributed by atoms with E-state index in [9.17, 15) is 0 Å². The van der Waals surface area contributed by atoms with Crippen molar-refractivity contribution in [2.45, 2.75) is 64.5 Å². The van der Waals surface area contributed by atoms with E-state index >= 15 is 0 Å². The maximum absolute atomic E-state index is 6.65. The average Bonchev–Trinajstić information content (AvgIpc) is 3.79. The summed E-state index contributed by atoms with van der Waals surface area (Å²) in [5.74, 6) is 2.55. The quantitative estimate of drug-likeness (QED) is 0.152. The fraction of sp³-hybridized carbons (Fsp3) is 0.175. The zero-order valence-electron chi connectivity index (χ0n) is 36.3. The lowest BCUT2D eigenvalue weighted by Gasteiger charge is -2.27. The molecule has 5 heteroatoms. The molecule has 0 amide bonds. The molecule has 7 aromatic carbocycles. The van der Waals surface area contributed by atoms with E-state index in [0.717, 1.165) is 56.8 Å². The summed E-state index contributed by atoms with van der Waals surface area (Å²) in [5.41, 5.74) is 16.4. The van der Waals surface area contributed by atoms with Crippen LogP contribution in [0.3, 0.4) is 0 Å². The molecule has 0 aliphatic carbocycles. The number of anilines is 5. The van der Waals surface area contributed by atoms with Gasteiger partial charge in [-0.15, -0.1) is 0 Å². The zero-order chi connectivity index (χ0) is 42.6. The molecule has 62 heavy (non-hydrogen) atoms. The maximum Gasteiger partial charge on any atom is 0.130 e. The Hall–Kier alpha value is -7.11. The molecule has 10 rings (SSSR count). The fourth-order valence-electron chi connectivity index (χ4n) is 9.17. The number of nitrogens with zero attached hydrogens (tertiary/aromatic N) is 2. The van der Waals surface area contributed by atoms with Crippen LogP contribution in [0.2, 0.25) is 0 Å². The van der Waals surface area contributed by atoms with Gasteiger partial charge in [-0.05, 0) is 104 Å². The van der Waals surface area contributed by atoms with Gasteiger partial charge in [-0.1, -0.05) is 163 Å². The Morgan fingerprint density at radius 1 is 0.468 bits per heavy atom. The number of rotatable bonds is 9. The van der Waals surface area contributed by atoms with Crippen LogP contribution < -0.4 is 20.3 Å². The highest BCUT2D eigenvalue weighted by molar-refractivity contribution is 5.95. The van der Waals surface area contributed by atoms with Crippen molar-refractivity contribution in [3.05, 3.63) is 216 Å². The molecular weight excluding hydrogens is 757 g/mol. The molecule has 2 atom stereocenters. The molecule has 5 nitrogen and oxygen atoms in total. The van der Waals surface area contributed by atoms with Crippen molar-refractivity contribution in [3.8, 4) is 33.8 Å². The van der Waals surface area contributed by atoms with E-state index in [1.807, 2.05) is 24.4 Å². The van der Waals surface area contributed by atoms with Crippen LogP contribution in [-0.2, 0) is 10.8 Å². The first-order valence-electron chi connectivity index (χ1n) is 21.7. The first-order chi connectivity index (χ1) is 30.0. The highest BCUT2D eigenvalue weighted by Crippen LogP contribution is 2.58. The van der Waals surface area contributed by atoms with E-state index in [4.69, 9.17) is 9.72 Å². The van der Waals surface area contributed by atoms with Crippen LogP contribution in [0.5, 0.6) is 11.5 Å². The summed E-state index contributed by atoms with van der Waals surface area (Å²) in [6, 6.07) is 62.8. The minimum absolute atomic E-state index is 0.0108. The Bertz CT molecular complexity index is 2890. The van der Waals surface area contributed by atoms with Gasteiger partial charge in [0, 0.05) is 29.1 Å². The second kappa shape index (κ2) is 15.4. The topological polar surface area (TPSA) is 49.4 Å². The van der Waals surface area contributed by atoms with Gasteiger partial charge in [0.25, 0.3) is 0 Å². The summed E-state index contributed by atoms with van der Waals surface area (Å²) in [4.78, 5) is 7.22. The molecule has 306 valence electrons. The molecule has 1 aromatic heterocycles. The minimum Gasteiger partial charge on any atom is -0.457 e. The standard InChI is InChI=1S/C57H52N4O/c1-56(2,3)39-32-38(33-40(34-39)57(4,5)6)45-25-17-24-44(37-18-8-7-9-19-37)53(45)60-51-27-13-12-26-50(51)59-41-20-16-21-42(35-41)62-43-29-30-48-49(36-43)55-47-23-11-10-22-46(47)54(48)61(55)52-28-14-15-31-58-52/h7-36,54-55,59-60H,1-6H3.